The van der Waals surface area contributed by atoms with Gasteiger partial charge >= 0.3 is 0 Å². The van der Waals surface area contributed by atoms with Crippen molar-refractivity contribution in [2.75, 3.05) is 0 Å². The van der Waals surface area contributed by atoms with Crippen LogP contribution in [0.2, 0.25) is 0 Å². The van der Waals surface area contributed by atoms with Crippen molar-refractivity contribution in [3.63, 3.8) is 0 Å². The summed E-state index contributed by atoms with van der Waals surface area (Å²) < 4.78 is 2.27. The lowest BCUT2D eigenvalue weighted by Gasteiger charge is -2.18. The monoisotopic (exact) mass is 668 g/mol. The summed E-state index contributed by atoms with van der Waals surface area (Å²) in [6, 6.07) is 52.4. The first kappa shape index (κ1) is 30.4. The molecule has 0 fully saturated rings. The van der Waals surface area contributed by atoms with Gasteiger partial charge in [-0.1, -0.05) is 158 Å². The van der Waals surface area contributed by atoms with Crippen molar-refractivity contribution < 1.29 is 0 Å². The summed E-state index contributed by atoms with van der Waals surface area (Å²) in [6.07, 6.45) is 11.5. The van der Waals surface area contributed by atoms with Gasteiger partial charge in [-0.05, 0) is 70.3 Å². The second-order valence-electron chi connectivity index (χ2n) is 13.8. The maximum Gasteiger partial charge on any atom is 0.238 e. The number of hydrogen-bond donors (Lipinski definition) is 0. The lowest BCUT2D eigenvalue weighted by molar-refractivity contribution is 0.726. The van der Waals surface area contributed by atoms with Gasteiger partial charge in [0.2, 0.25) is 5.95 Å². The lowest BCUT2D eigenvalue weighted by Crippen LogP contribution is -2.11. The number of fused-ring (bicyclic) bond motifs is 7. The van der Waals surface area contributed by atoms with Gasteiger partial charge in [-0.25, -0.2) is 4.98 Å². The maximum atomic E-state index is 5.35. The van der Waals surface area contributed by atoms with Gasteiger partial charge in [0, 0.05) is 28.2 Å². The van der Waals surface area contributed by atoms with Gasteiger partial charge in [-0.2, -0.15) is 9.97 Å². The molecule has 2 heterocycles. The van der Waals surface area contributed by atoms with Gasteiger partial charge in [-0.15, -0.1) is 0 Å². The van der Waals surface area contributed by atoms with Crippen molar-refractivity contribution in [1.82, 2.24) is 19.5 Å². The van der Waals surface area contributed by atoms with Crippen LogP contribution in [0.4, 0.5) is 0 Å². The third-order valence-corrected chi connectivity index (χ3v) is 10.8. The molecule has 2 aliphatic carbocycles. The van der Waals surface area contributed by atoms with Gasteiger partial charge < -0.3 is 0 Å². The molecule has 0 aliphatic heterocycles. The van der Waals surface area contributed by atoms with Crippen molar-refractivity contribution >= 4 is 21.8 Å². The van der Waals surface area contributed by atoms with Crippen LogP contribution in [0, 0.1) is 0 Å². The maximum absolute atomic E-state index is 5.35. The van der Waals surface area contributed by atoms with Crippen LogP contribution in [0.15, 0.2) is 170 Å². The van der Waals surface area contributed by atoms with E-state index in [0.29, 0.717) is 17.7 Å². The molecule has 0 spiro atoms. The molecule has 0 radical (unpaired) electrons. The van der Waals surface area contributed by atoms with E-state index in [1.165, 1.54) is 38.6 Å². The Hall–Kier alpha value is -6.39. The Kier molecular flexibility index (Phi) is 7.46. The Morgan fingerprint density at radius 3 is 2.13 bits per heavy atom. The van der Waals surface area contributed by atoms with E-state index in [2.05, 4.69) is 174 Å². The number of para-hydroxylation sites is 1. The highest BCUT2D eigenvalue weighted by Crippen LogP contribution is 2.47. The van der Waals surface area contributed by atoms with E-state index in [-0.39, 0.29) is 5.92 Å². The normalized spacial score (nSPS) is 16.5. The number of nitrogens with zero attached hydrogens (tertiary/aromatic N) is 4. The number of aromatic nitrogens is 4. The van der Waals surface area contributed by atoms with Crippen LogP contribution in [-0.4, -0.2) is 19.5 Å². The minimum absolute atomic E-state index is 0.0561. The second-order valence-corrected chi connectivity index (χ2v) is 13.8. The van der Waals surface area contributed by atoms with Crippen molar-refractivity contribution in [3.05, 3.63) is 192 Å². The highest BCUT2D eigenvalue weighted by Gasteiger charge is 2.28. The Morgan fingerprint density at radius 1 is 0.577 bits per heavy atom. The molecule has 2 unspecified atom stereocenters. The third kappa shape index (κ3) is 5.10. The summed E-state index contributed by atoms with van der Waals surface area (Å²) in [7, 11) is 0. The van der Waals surface area contributed by atoms with E-state index < -0.39 is 0 Å². The van der Waals surface area contributed by atoms with Gasteiger partial charge in [0.1, 0.15) is 5.82 Å². The van der Waals surface area contributed by atoms with Gasteiger partial charge in [-0.3, -0.25) is 4.57 Å². The van der Waals surface area contributed by atoms with Gasteiger partial charge in [0.05, 0.1) is 11.0 Å². The molecule has 248 valence electrons. The van der Waals surface area contributed by atoms with E-state index in [1.54, 1.807) is 0 Å². The topological polar surface area (TPSA) is 43.6 Å². The quantitative estimate of drug-likeness (QED) is 0.183. The summed E-state index contributed by atoms with van der Waals surface area (Å²) in [5.41, 5.74) is 12.2. The minimum Gasteiger partial charge on any atom is -0.278 e. The summed E-state index contributed by atoms with van der Waals surface area (Å²) in [4.78, 5) is 15.9. The van der Waals surface area contributed by atoms with Crippen LogP contribution in [-0.2, 0) is 6.42 Å². The van der Waals surface area contributed by atoms with E-state index in [4.69, 9.17) is 15.0 Å². The van der Waals surface area contributed by atoms with E-state index in [1.807, 2.05) is 0 Å². The molecule has 10 rings (SSSR count). The van der Waals surface area contributed by atoms with E-state index in [9.17, 15) is 0 Å². The van der Waals surface area contributed by atoms with Crippen LogP contribution in [0.5, 0.6) is 0 Å². The van der Waals surface area contributed by atoms with E-state index >= 15 is 0 Å². The largest absolute Gasteiger partial charge is 0.278 e. The Labute approximate surface area is 303 Å². The number of aryl methyl sites for hydroxylation is 1. The van der Waals surface area contributed by atoms with Gasteiger partial charge in [0.25, 0.3) is 0 Å². The standard InChI is InChI=1S/C48H36N4/c1-4-16-32(17-5-1)36-22-10-13-25-40(36)47-49-46(35-20-8-3-9-21-35)50-48(51-47)52-42-27-15-14-26-41(42)45-43(52)31-29-34-28-30-37(33-18-6-2-7-19-33)38-23-11-12-24-39(38)44(34)45/h1-20,22-27,29,31,35,37H,21,28,30H2. The fraction of sp³-hybridized carbons (Fsp3) is 0.104. The van der Waals surface area contributed by atoms with Gasteiger partial charge in [0.15, 0.2) is 5.82 Å². The average molecular weight is 669 g/mol. The van der Waals surface area contributed by atoms with Crippen molar-refractivity contribution in [2.45, 2.75) is 31.1 Å². The molecular formula is C48H36N4. The number of allylic oxidation sites excluding steroid dienone is 4. The number of hydrogen-bond acceptors (Lipinski definition) is 3. The first-order valence-electron chi connectivity index (χ1n) is 18.3. The minimum atomic E-state index is 0.0561. The summed E-state index contributed by atoms with van der Waals surface area (Å²) in [5, 5.41) is 2.46. The molecule has 0 amide bonds. The van der Waals surface area contributed by atoms with Crippen molar-refractivity contribution in [3.8, 4) is 39.6 Å². The molecule has 2 aliphatic rings. The predicted octanol–water partition coefficient (Wildman–Crippen LogP) is 11.6. The second kappa shape index (κ2) is 12.7. The summed E-state index contributed by atoms with van der Waals surface area (Å²) >= 11 is 0. The number of rotatable bonds is 5. The average Bonchev–Trinajstić information content (AvgIpc) is 3.46. The first-order valence-corrected chi connectivity index (χ1v) is 18.3. The predicted molar refractivity (Wildman–Crippen MR) is 213 cm³/mol. The SMILES string of the molecule is C1=CCC(c2nc(-c3ccccc3-c3ccccc3)nc(-n3c4ccccc4c4c5c(ccc43)CCC(c3ccccc3)c3ccccc3-5)n2)C=C1. The molecule has 0 saturated carbocycles. The fourth-order valence-corrected chi connectivity index (χ4v) is 8.44. The molecule has 2 atom stereocenters. The molecule has 0 bridgehead atoms. The molecule has 4 heteroatoms. The Bertz CT molecular complexity index is 2670. The van der Waals surface area contributed by atoms with E-state index in [0.717, 1.165) is 52.8 Å². The lowest BCUT2D eigenvalue weighted by atomic mass is 9.85. The molecule has 0 saturated heterocycles. The third-order valence-electron chi connectivity index (χ3n) is 10.8. The summed E-state index contributed by atoms with van der Waals surface area (Å²) in [5.74, 6) is 2.48. The van der Waals surface area contributed by atoms with Crippen LogP contribution >= 0.6 is 0 Å². The Morgan fingerprint density at radius 2 is 1.31 bits per heavy atom. The van der Waals surface area contributed by atoms with Crippen LogP contribution < -0.4 is 0 Å². The zero-order valence-corrected chi connectivity index (χ0v) is 28.7. The zero-order chi connectivity index (χ0) is 34.4. The van der Waals surface area contributed by atoms with Crippen LogP contribution in [0.25, 0.3) is 61.4 Å². The Balaban J connectivity index is 1.24. The number of benzene rings is 6. The molecule has 2 aromatic heterocycles. The van der Waals surface area contributed by atoms with Crippen LogP contribution in [0.3, 0.4) is 0 Å². The van der Waals surface area contributed by atoms with Crippen molar-refractivity contribution in [2.24, 2.45) is 0 Å². The molecular weight excluding hydrogens is 633 g/mol. The molecule has 4 nitrogen and oxygen atoms in total. The van der Waals surface area contributed by atoms with Crippen molar-refractivity contribution in [1.29, 1.82) is 0 Å². The fourth-order valence-electron chi connectivity index (χ4n) is 8.44. The smallest absolute Gasteiger partial charge is 0.238 e. The molecule has 6 aromatic carbocycles. The molecule has 8 aromatic rings. The highest BCUT2D eigenvalue weighted by atomic mass is 15.2. The zero-order valence-electron chi connectivity index (χ0n) is 28.7. The summed E-state index contributed by atoms with van der Waals surface area (Å²) in [6.45, 7) is 0. The molecule has 0 N–H and O–H groups in total. The highest BCUT2D eigenvalue weighted by molar-refractivity contribution is 6.16. The first-order chi connectivity index (χ1) is 25.8. The van der Waals surface area contributed by atoms with Crippen LogP contribution in [0.1, 0.15) is 47.2 Å². The molecule has 52 heavy (non-hydrogen) atoms.